The van der Waals surface area contributed by atoms with Crippen LogP contribution in [0.15, 0.2) is 11.1 Å². The largest absolute Gasteiger partial charge is 0.365 e. The summed E-state index contributed by atoms with van der Waals surface area (Å²) in [6.07, 6.45) is 3.08. The van der Waals surface area contributed by atoms with Gasteiger partial charge in [0.25, 0.3) is 5.91 Å². The van der Waals surface area contributed by atoms with Crippen molar-refractivity contribution in [1.82, 2.24) is 4.98 Å². The first-order chi connectivity index (χ1) is 5.59. The lowest BCUT2D eigenvalue weighted by Gasteiger charge is -1.89. The first-order valence-electron chi connectivity index (χ1n) is 3.01. The van der Waals surface area contributed by atoms with Gasteiger partial charge in [-0.1, -0.05) is 0 Å². The standard InChI is InChI=1S/C6H5BN2OS2/c7-6-9-2-3(12-6)1-4(11)5(8)10/h1-2,11H,(H2,8,10)/b4-1-. The van der Waals surface area contributed by atoms with E-state index in [1.165, 1.54) is 17.4 Å². The highest BCUT2D eigenvalue weighted by Crippen LogP contribution is 2.11. The highest BCUT2D eigenvalue weighted by atomic mass is 32.1. The molecule has 0 atom stereocenters. The molecule has 1 aromatic heterocycles. The molecule has 12 heavy (non-hydrogen) atoms. The molecule has 0 aliphatic rings. The third-order valence-corrected chi connectivity index (χ3v) is 2.20. The minimum Gasteiger partial charge on any atom is -0.365 e. The van der Waals surface area contributed by atoms with Gasteiger partial charge >= 0.3 is 0 Å². The molecule has 1 amide bonds. The summed E-state index contributed by atoms with van der Waals surface area (Å²) < 4.78 is 0. The van der Waals surface area contributed by atoms with Gasteiger partial charge in [0.2, 0.25) is 0 Å². The molecule has 2 radical (unpaired) electrons. The number of nitrogens with two attached hydrogens (primary N) is 1. The summed E-state index contributed by atoms with van der Waals surface area (Å²) in [6, 6.07) is 0. The van der Waals surface area contributed by atoms with Gasteiger partial charge in [0.1, 0.15) is 0 Å². The number of primary amides is 1. The Morgan fingerprint density at radius 3 is 2.92 bits per heavy atom. The van der Waals surface area contributed by atoms with Crippen molar-refractivity contribution in [3.63, 3.8) is 0 Å². The second kappa shape index (κ2) is 3.77. The van der Waals surface area contributed by atoms with Gasteiger partial charge in [0.05, 0.1) is 4.91 Å². The van der Waals surface area contributed by atoms with E-state index in [2.05, 4.69) is 17.6 Å². The summed E-state index contributed by atoms with van der Waals surface area (Å²) in [6.45, 7) is 0. The molecule has 0 aliphatic carbocycles. The quantitative estimate of drug-likeness (QED) is 0.387. The molecular weight excluding hydrogens is 191 g/mol. The Hall–Kier alpha value is -0.745. The number of carbonyl (C=O) groups excluding carboxylic acids is 1. The first kappa shape index (κ1) is 9.34. The minimum absolute atomic E-state index is 0.193. The topological polar surface area (TPSA) is 56.0 Å². The van der Waals surface area contributed by atoms with E-state index in [9.17, 15) is 4.79 Å². The Morgan fingerprint density at radius 2 is 2.50 bits per heavy atom. The summed E-state index contributed by atoms with van der Waals surface area (Å²) >= 11 is 5.14. The van der Waals surface area contributed by atoms with Crippen molar-refractivity contribution in [1.29, 1.82) is 0 Å². The molecule has 0 bridgehead atoms. The molecule has 1 rings (SSSR count). The van der Waals surface area contributed by atoms with Crippen LogP contribution in [0.2, 0.25) is 0 Å². The SMILES string of the molecule is [B]c1ncc(/C=C(\S)C(N)=O)s1. The average molecular weight is 196 g/mol. The number of thiazole rings is 1. The van der Waals surface area contributed by atoms with E-state index in [1.54, 1.807) is 6.20 Å². The number of thiol groups is 1. The Balaban J connectivity index is 2.87. The zero-order chi connectivity index (χ0) is 9.14. The number of nitrogens with zero attached hydrogens (tertiary/aromatic N) is 1. The van der Waals surface area contributed by atoms with Crippen molar-refractivity contribution in [3.05, 3.63) is 16.0 Å². The lowest BCUT2D eigenvalue weighted by atomic mass is 10.2. The highest BCUT2D eigenvalue weighted by Gasteiger charge is 2.00. The molecule has 1 aromatic rings. The first-order valence-corrected chi connectivity index (χ1v) is 4.27. The molecular formula is C6H5BN2OS2. The van der Waals surface area contributed by atoms with Crippen LogP contribution in [0.5, 0.6) is 0 Å². The summed E-state index contributed by atoms with van der Waals surface area (Å²) in [5.74, 6) is -0.565. The van der Waals surface area contributed by atoms with Crippen LogP contribution in [0.1, 0.15) is 4.88 Å². The van der Waals surface area contributed by atoms with Crippen LogP contribution in [0.4, 0.5) is 0 Å². The molecule has 0 saturated carbocycles. The number of hydrogen-bond donors (Lipinski definition) is 2. The molecule has 0 spiro atoms. The summed E-state index contributed by atoms with van der Waals surface area (Å²) in [5, 5.41) is 0. The maximum Gasteiger partial charge on any atom is 0.254 e. The lowest BCUT2D eigenvalue weighted by Crippen LogP contribution is -2.09. The summed E-state index contributed by atoms with van der Waals surface area (Å²) in [5.41, 5.74) is 4.96. The summed E-state index contributed by atoms with van der Waals surface area (Å²) in [4.78, 5) is 15.7. The van der Waals surface area contributed by atoms with Crippen LogP contribution in [-0.2, 0) is 4.79 Å². The van der Waals surface area contributed by atoms with Crippen LogP contribution in [-0.4, -0.2) is 18.7 Å². The van der Waals surface area contributed by atoms with Crippen LogP contribution >= 0.6 is 24.0 Å². The molecule has 0 unspecified atom stereocenters. The monoisotopic (exact) mass is 196 g/mol. The van der Waals surface area contributed by atoms with E-state index in [0.717, 1.165) is 4.88 Å². The van der Waals surface area contributed by atoms with Crippen LogP contribution < -0.4 is 10.6 Å². The van der Waals surface area contributed by atoms with Gasteiger partial charge in [-0.3, -0.25) is 9.78 Å². The lowest BCUT2D eigenvalue weighted by molar-refractivity contribution is -0.113. The van der Waals surface area contributed by atoms with Gasteiger partial charge in [-0.2, -0.15) is 0 Å². The van der Waals surface area contributed by atoms with Crippen molar-refractivity contribution in [2.75, 3.05) is 0 Å². The molecule has 0 aliphatic heterocycles. The Labute approximate surface area is 80.5 Å². The second-order valence-corrected chi connectivity index (χ2v) is 3.57. The van der Waals surface area contributed by atoms with Crippen molar-refractivity contribution in [2.24, 2.45) is 5.73 Å². The van der Waals surface area contributed by atoms with Crippen molar-refractivity contribution in [3.8, 4) is 0 Å². The van der Waals surface area contributed by atoms with Crippen LogP contribution in [0, 0.1) is 0 Å². The fraction of sp³-hybridized carbons (Fsp3) is 0. The van der Waals surface area contributed by atoms with Crippen molar-refractivity contribution < 1.29 is 4.79 Å². The molecule has 6 heteroatoms. The van der Waals surface area contributed by atoms with E-state index in [4.69, 9.17) is 13.6 Å². The van der Waals surface area contributed by atoms with Gasteiger partial charge < -0.3 is 5.73 Å². The Kier molecular flexibility index (Phi) is 2.94. The zero-order valence-electron chi connectivity index (χ0n) is 6.02. The molecule has 0 aromatic carbocycles. The summed E-state index contributed by atoms with van der Waals surface area (Å²) in [7, 11) is 5.37. The molecule has 0 fully saturated rings. The molecule has 0 saturated heterocycles. The third kappa shape index (κ3) is 2.39. The van der Waals surface area contributed by atoms with E-state index in [-0.39, 0.29) is 4.91 Å². The fourth-order valence-corrected chi connectivity index (χ4v) is 1.43. The van der Waals surface area contributed by atoms with Crippen LogP contribution in [0.3, 0.4) is 0 Å². The van der Waals surface area contributed by atoms with E-state index < -0.39 is 5.91 Å². The maximum atomic E-state index is 10.5. The smallest absolute Gasteiger partial charge is 0.254 e. The van der Waals surface area contributed by atoms with E-state index >= 15 is 0 Å². The van der Waals surface area contributed by atoms with Gasteiger partial charge in [-0.25, -0.2) is 0 Å². The van der Waals surface area contributed by atoms with Crippen molar-refractivity contribution >= 4 is 48.7 Å². The number of amides is 1. The van der Waals surface area contributed by atoms with Gasteiger partial charge in [0.15, 0.2) is 7.85 Å². The molecule has 3 nitrogen and oxygen atoms in total. The third-order valence-electron chi connectivity index (χ3n) is 1.07. The van der Waals surface area contributed by atoms with Gasteiger partial charge in [-0.05, 0) is 6.08 Å². The number of rotatable bonds is 2. The second-order valence-electron chi connectivity index (χ2n) is 1.99. The van der Waals surface area contributed by atoms with Crippen LogP contribution in [0.25, 0.3) is 6.08 Å². The van der Waals surface area contributed by atoms with Gasteiger partial charge in [0, 0.05) is 16.0 Å². The van der Waals surface area contributed by atoms with Gasteiger partial charge in [-0.15, -0.1) is 24.0 Å². The normalized spacial score (nSPS) is 11.6. The van der Waals surface area contributed by atoms with Crippen molar-refractivity contribution in [2.45, 2.75) is 0 Å². The predicted octanol–water partition coefficient (Wildman–Crippen LogP) is -0.307. The number of carbonyl (C=O) groups is 1. The number of aromatic nitrogens is 1. The predicted molar refractivity (Wildman–Crippen MR) is 53.7 cm³/mol. The molecule has 2 N–H and O–H groups in total. The van der Waals surface area contributed by atoms with E-state index in [1.807, 2.05) is 0 Å². The average Bonchev–Trinajstić information content (AvgIpc) is 2.35. The van der Waals surface area contributed by atoms with E-state index in [0.29, 0.717) is 4.91 Å². The zero-order valence-corrected chi connectivity index (χ0v) is 7.73. The Morgan fingerprint density at radius 1 is 1.83 bits per heavy atom. The fourth-order valence-electron chi connectivity index (χ4n) is 0.573. The number of hydrogen-bond acceptors (Lipinski definition) is 4. The maximum absolute atomic E-state index is 10.5. The molecule has 1 heterocycles. The highest BCUT2D eigenvalue weighted by molar-refractivity contribution is 7.85. The Bertz CT molecular complexity index is 334. The minimum atomic E-state index is -0.565. The molecule has 60 valence electrons.